The Balaban J connectivity index is 2.98. The number of rotatable bonds is 1. The van der Waals surface area contributed by atoms with Gasteiger partial charge in [-0.05, 0) is 0 Å². The lowest BCUT2D eigenvalue weighted by atomic mass is 9.97. The molecule has 0 radical (unpaired) electrons. The van der Waals surface area contributed by atoms with E-state index in [9.17, 15) is 4.79 Å². The minimum Gasteiger partial charge on any atom is -0.418 e. The van der Waals surface area contributed by atoms with Gasteiger partial charge in [0.2, 0.25) is 12.2 Å². The summed E-state index contributed by atoms with van der Waals surface area (Å²) in [4.78, 5) is 10.2. The highest BCUT2D eigenvalue weighted by Gasteiger charge is 2.20. The number of hydrogen-bond acceptors (Lipinski definition) is 4. The Labute approximate surface area is 64.6 Å². The summed E-state index contributed by atoms with van der Waals surface area (Å²) in [6.45, 7) is 5.82. The zero-order valence-corrected chi connectivity index (χ0v) is 6.79. The van der Waals surface area contributed by atoms with Crippen molar-refractivity contribution in [3.63, 3.8) is 0 Å². The van der Waals surface area contributed by atoms with Crippen LogP contribution in [0, 0.1) is 0 Å². The van der Waals surface area contributed by atoms with Crippen molar-refractivity contribution in [1.29, 1.82) is 0 Å². The summed E-state index contributed by atoms with van der Waals surface area (Å²) in [7, 11) is 0. The van der Waals surface area contributed by atoms with E-state index in [0.29, 0.717) is 12.2 Å². The fourth-order valence-corrected chi connectivity index (χ4v) is 0.585. The molecule has 0 aliphatic heterocycles. The number of aldehydes is 1. The van der Waals surface area contributed by atoms with E-state index in [1.54, 1.807) is 0 Å². The van der Waals surface area contributed by atoms with Crippen LogP contribution >= 0.6 is 0 Å². The van der Waals surface area contributed by atoms with E-state index in [4.69, 9.17) is 4.42 Å². The van der Waals surface area contributed by atoms with Crippen molar-refractivity contribution in [2.45, 2.75) is 26.2 Å². The van der Waals surface area contributed by atoms with E-state index in [-0.39, 0.29) is 11.3 Å². The summed E-state index contributed by atoms with van der Waals surface area (Å²) in [5.41, 5.74) is -0.186. The molecule has 1 aromatic rings. The van der Waals surface area contributed by atoms with Crippen molar-refractivity contribution < 1.29 is 9.21 Å². The zero-order chi connectivity index (χ0) is 8.48. The first-order chi connectivity index (χ1) is 5.04. The molecule has 4 heteroatoms. The second kappa shape index (κ2) is 2.45. The topological polar surface area (TPSA) is 56.0 Å². The third-order valence-corrected chi connectivity index (χ3v) is 1.18. The Morgan fingerprint density at radius 3 is 2.27 bits per heavy atom. The van der Waals surface area contributed by atoms with Crippen LogP contribution in [0.1, 0.15) is 37.3 Å². The van der Waals surface area contributed by atoms with E-state index >= 15 is 0 Å². The van der Waals surface area contributed by atoms with Gasteiger partial charge in [-0.2, -0.15) is 0 Å². The van der Waals surface area contributed by atoms with Gasteiger partial charge in [-0.1, -0.05) is 20.8 Å². The minimum atomic E-state index is -0.186. The van der Waals surface area contributed by atoms with Crippen molar-refractivity contribution in [3.05, 3.63) is 11.8 Å². The fraction of sp³-hybridized carbons (Fsp3) is 0.571. The molecule has 11 heavy (non-hydrogen) atoms. The lowest BCUT2D eigenvalue weighted by Crippen LogP contribution is -2.11. The highest BCUT2D eigenvalue weighted by Crippen LogP contribution is 2.19. The van der Waals surface area contributed by atoms with Crippen molar-refractivity contribution in [2.75, 3.05) is 0 Å². The third kappa shape index (κ3) is 1.63. The molecular formula is C7H10N2O2. The lowest BCUT2D eigenvalue weighted by Gasteiger charge is -2.10. The summed E-state index contributed by atoms with van der Waals surface area (Å²) in [6, 6.07) is 0. The quantitative estimate of drug-likeness (QED) is 0.570. The minimum absolute atomic E-state index is 0.0370. The molecule has 0 amide bonds. The molecule has 0 atom stereocenters. The van der Waals surface area contributed by atoms with Gasteiger partial charge in [0.1, 0.15) is 0 Å². The molecule has 1 heterocycles. The van der Waals surface area contributed by atoms with Crippen LogP contribution in [0.3, 0.4) is 0 Å². The molecule has 0 N–H and O–H groups in total. The largest absolute Gasteiger partial charge is 0.418 e. The molecule has 0 aliphatic carbocycles. The summed E-state index contributed by atoms with van der Waals surface area (Å²) >= 11 is 0. The first-order valence-corrected chi connectivity index (χ1v) is 3.33. The molecule has 0 saturated carbocycles. The molecule has 1 aromatic heterocycles. The first-order valence-electron chi connectivity index (χ1n) is 3.33. The molecule has 0 bridgehead atoms. The van der Waals surface area contributed by atoms with Crippen molar-refractivity contribution in [2.24, 2.45) is 0 Å². The molecule has 4 nitrogen and oxygen atoms in total. The number of hydrogen-bond donors (Lipinski definition) is 0. The highest BCUT2D eigenvalue weighted by atomic mass is 16.4. The van der Waals surface area contributed by atoms with Gasteiger partial charge >= 0.3 is 0 Å². The third-order valence-electron chi connectivity index (χ3n) is 1.18. The van der Waals surface area contributed by atoms with Crippen LogP contribution in [0.4, 0.5) is 0 Å². The average Bonchev–Trinajstić information content (AvgIpc) is 2.32. The van der Waals surface area contributed by atoms with Crippen LogP contribution in [0.25, 0.3) is 0 Å². The van der Waals surface area contributed by atoms with E-state index in [0.717, 1.165) is 0 Å². The molecule has 0 spiro atoms. The fourth-order valence-electron chi connectivity index (χ4n) is 0.585. The first kappa shape index (κ1) is 7.91. The predicted octanol–water partition coefficient (Wildman–Crippen LogP) is 1.18. The SMILES string of the molecule is CC(C)(C)c1nnc(C=O)o1. The van der Waals surface area contributed by atoms with Crippen molar-refractivity contribution in [3.8, 4) is 0 Å². The van der Waals surface area contributed by atoms with Crippen molar-refractivity contribution in [1.82, 2.24) is 10.2 Å². The molecular weight excluding hydrogens is 144 g/mol. The van der Waals surface area contributed by atoms with E-state index in [1.165, 1.54) is 0 Å². The second-order valence-corrected chi connectivity index (χ2v) is 3.31. The number of nitrogens with zero attached hydrogens (tertiary/aromatic N) is 2. The Kier molecular flexibility index (Phi) is 1.76. The van der Waals surface area contributed by atoms with E-state index < -0.39 is 0 Å². The van der Waals surface area contributed by atoms with Crippen molar-refractivity contribution >= 4 is 6.29 Å². The molecule has 1 rings (SSSR count). The Hall–Kier alpha value is -1.19. The summed E-state index contributed by atoms with van der Waals surface area (Å²) in [6.07, 6.45) is 0.544. The monoisotopic (exact) mass is 154 g/mol. The Bertz CT molecular complexity index is 260. The molecule has 0 aliphatic rings. The molecule has 0 saturated heterocycles. The van der Waals surface area contributed by atoms with Gasteiger partial charge in [0.25, 0.3) is 5.89 Å². The van der Waals surface area contributed by atoms with Gasteiger partial charge < -0.3 is 4.42 Å². The van der Waals surface area contributed by atoms with Gasteiger partial charge in [-0.15, -0.1) is 10.2 Å². The maximum Gasteiger partial charge on any atom is 0.280 e. The molecule has 0 fully saturated rings. The number of carbonyl (C=O) groups excluding carboxylic acids is 1. The van der Waals surface area contributed by atoms with Crippen LogP contribution in [0.5, 0.6) is 0 Å². The highest BCUT2D eigenvalue weighted by molar-refractivity contribution is 5.66. The van der Waals surface area contributed by atoms with Gasteiger partial charge in [0.15, 0.2) is 0 Å². The Morgan fingerprint density at radius 2 is 2.00 bits per heavy atom. The average molecular weight is 154 g/mol. The van der Waals surface area contributed by atoms with Crippen LogP contribution in [-0.2, 0) is 5.41 Å². The van der Waals surface area contributed by atoms with Gasteiger partial charge in [-0.3, -0.25) is 4.79 Å². The van der Waals surface area contributed by atoms with E-state index in [1.807, 2.05) is 20.8 Å². The lowest BCUT2D eigenvalue weighted by molar-refractivity contribution is 0.109. The Morgan fingerprint density at radius 1 is 1.36 bits per heavy atom. The summed E-state index contributed by atoms with van der Waals surface area (Å²) in [5, 5.41) is 7.23. The summed E-state index contributed by atoms with van der Waals surface area (Å²) in [5.74, 6) is 0.523. The predicted molar refractivity (Wildman–Crippen MR) is 38.4 cm³/mol. The summed E-state index contributed by atoms with van der Waals surface area (Å²) < 4.78 is 5.01. The molecule has 0 aromatic carbocycles. The van der Waals surface area contributed by atoms with Gasteiger partial charge in [0, 0.05) is 5.41 Å². The maximum atomic E-state index is 10.2. The van der Waals surface area contributed by atoms with Crippen LogP contribution in [-0.4, -0.2) is 16.5 Å². The van der Waals surface area contributed by atoms with Crippen LogP contribution in [0.15, 0.2) is 4.42 Å². The zero-order valence-electron chi connectivity index (χ0n) is 6.79. The van der Waals surface area contributed by atoms with Gasteiger partial charge in [-0.25, -0.2) is 0 Å². The molecule has 60 valence electrons. The number of carbonyl (C=O) groups is 1. The van der Waals surface area contributed by atoms with Crippen LogP contribution < -0.4 is 0 Å². The number of aromatic nitrogens is 2. The second-order valence-electron chi connectivity index (χ2n) is 3.31. The van der Waals surface area contributed by atoms with Crippen LogP contribution in [0.2, 0.25) is 0 Å². The molecule has 0 unspecified atom stereocenters. The maximum absolute atomic E-state index is 10.2. The van der Waals surface area contributed by atoms with Gasteiger partial charge in [0.05, 0.1) is 0 Å². The standard InChI is InChI=1S/C7H10N2O2/c1-7(2,3)6-9-8-5(4-10)11-6/h4H,1-3H3. The normalized spacial score (nSPS) is 11.5. The van der Waals surface area contributed by atoms with E-state index in [2.05, 4.69) is 10.2 Å². The smallest absolute Gasteiger partial charge is 0.280 e.